The summed E-state index contributed by atoms with van der Waals surface area (Å²) in [6, 6.07) is 6.07. The van der Waals surface area contributed by atoms with Crippen LogP contribution in [0.5, 0.6) is 0 Å². The van der Waals surface area contributed by atoms with E-state index in [1.165, 1.54) is 7.11 Å². The summed E-state index contributed by atoms with van der Waals surface area (Å²) in [5, 5.41) is 5.92. The van der Waals surface area contributed by atoms with Gasteiger partial charge in [0.15, 0.2) is 0 Å². The predicted octanol–water partition coefficient (Wildman–Crippen LogP) is 2.34. The van der Waals surface area contributed by atoms with Crippen LogP contribution in [0.4, 0.5) is 4.79 Å². The van der Waals surface area contributed by atoms with E-state index in [0.717, 1.165) is 5.56 Å². The summed E-state index contributed by atoms with van der Waals surface area (Å²) in [6.45, 7) is 4.02. The smallest absolute Gasteiger partial charge is 0.328 e. The summed E-state index contributed by atoms with van der Waals surface area (Å²) in [5.41, 5.74) is 0.920. The monoisotopic (exact) mass is 298 g/mol. The minimum absolute atomic E-state index is 0.0521. The molecule has 5 nitrogen and oxygen atoms in total. The van der Waals surface area contributed by atoms with Gasteiger partial charge in [0.25, 0.3) is 0 Å². The molecular formula is C14H19ClN2O3. The average molecular weight is 299 g/mol. The Hall–Kier alpha value is -1.75. The van der Waals surface area contributed by atoms with Crippen LogP contribution in [0, 0.1) is 5.92 Å². The lowest BCUT2D eigenvalue weighted by Gasteiger charge is -2.20. The van der Waals surface area contributed by atoms with Crippen molar-refractivity contribution >= 4 is 23.6 Å². The highest BCUT2D eigenvalue weighted by Crippen LogP contribution is 2.09. The highest BCUT2D eigenvalue weighted by molar-refractivity contribution is 6.30. The third-order valence-electron chi connectivity index (χ3n) is 2.77. The summed E-state index contributed by atoms with van der Waals surface area (Å²) in [6.07, 6.45) is 0. The number of urea groups is 1. The van der Waals surface area contributed by atoms with Gasteiger partial charge >= 0.3 is 12.0 Å². The lowest BCUT2D eigenvalue weighted by Crippen LogP contribution is -2.48. The van der Waals surface area contributed by atoms with Gasteiger partial charge in [0, 0.05) is 11.6 Å². The number of ether oxygens (including phenoxy) is 1. The SMILES string of the molecule is COC(=O)C(NC(=O)NCc1ccc(Cl)cc1)C(C)C. The topological polar surface area (TPSA) is 67.4 Å². The van der Waals surface area contributed by atoms with Gasteiger partial charge < -0.3 is 15.4 Å². The highest BCUT2D eigenvalue weighted by atomic mass is 35.5. The zero-order valence-corrected chi connectivity index (χ0v) is 12.5. The molecule has 0 saturated heterocycles. The van der Waals surface area contributed by atoms with Gasteiger partial charge in [-0.15, -0.1) is 0 Å². The van der Waals surface area contributed by atoms with Gasteiger partial charge in [0.1, 0.15) is 6.04 Å². The molecule has 1 atom stereocenters. The molecule has 0 saturated carbocycles. The lowest BCUT2D eigenvalue weighted by molar-refractivity contribution is -0.143. The molecule has 0 aromatic heterocycles. The average Bonchev–Trinajstić information content (AvgIpc) is 2.43. The fraction of sp³-hybridized carbons (Fsp3) is 0.429. The molecule has 110 valence electrons. The summed E-state index contributed by atoms with van der Waals surface area (Å²) >= 11 is 5.78. The van der Waals surface area contributed by atoms with Crippen molar-refractivity contribution in [2.24, 2.45) is 5.92 Å². The summed E-state index contributed by atoms with van der Waals surface area (Å²) < 4.78 is 4.65. The van der Waals surface area contributed by atoms with E-state index in [0.29, 0.717) is 11.6 Å². The van der Waals surface area contributed by atoms with E-state index in [4.69, 9.17) is 11.6 Å². The fourth-order valence-electron chi connectivity index (χ4n) is 1.60. The van der Waals surface area contributed by atoms with Gasteiger partial charge in [-0.2, -0.15) is 0 Å². The number of esters is 1. The molecule has 2 amide bonds. The van der Waals surface area contributed by atoms with Gasteiger partial charge in [-0.25, -0.2) is 9.59 Å². The highest BCUT2D eigenvalue weighted by Gasteiger charge is 2.24. The van der Waals surface area contributed by atoms with Crippen LogP contribution in [0.1, 0.15) is 19.4 Å². The molecule has 0 aliphatic rings. The van der Waals surface area contributed by atoms with Gasteiger partial charge in [0.2, 0.25) is 0 Å². The van der Waals surface area contributed by atoms with Crippen LogP contribution >= 0.6 is 11.6 Å². The molecule has 0 heterocycles. The molecule has 1 rings (SSSR count). The first-order valence-electron chi connectivity index (χ1n) is 6.30. The van der Waals surface area contributed by atoms with Crippen LogP contribution in [0.3, 0.4) is 0 Å². The maximum atomic E-state index is 11.8. The molecule has 0 aliphatic carbocycles. The fourth-order valence-corrected chi connectivity index (χ4v) is 1.73. The first-order chi connectivity index (χ1) is 9.43. The van der Waals surface area contributed by atoms with Crippen molar-refractivity contribution < 1.29 is 14.3 Å². The Labute approximate surface area is 123 Å². The van der Waals surface area contributed by atoms with Crippen molar-refractivity contribution in [3.05, 3.63) is 34.9 Å². The van der Waals surface area contributed by atoms with E-state index in [-0.39, 0.29) is 5.92 Å². The molecule has 0 fully saturated rings. The Morgan fingerprint density at radius 2 is 1.85 bits per heavy atom. The normalized spacial score (nSPS) is 11.8. The van der Waals surface area contributed by atoms with E-state index in [1.807, 2.05) is 26.0 Å². The number of methoxy groups -OCH3 is 1. The molecule has 0 bridgehead atoms. The van der Waals surface area contributed by atoms with E-state index in [9.17, 15) is 9.59 Å². The number of carbonyl (C=O) groups excluding carboxylic acids is 2. The Morgan fingerprint density at radius 1 is 1.25 bits per heavy atom. The minimum atomic E-state index is -0.662. The molecule has 0 aliphatic heterocycles. The van der Waals surface area contributed by atoms with Crippen molar-refractivity contribution in [2.45, 2.75) is 26.4 Å². The number of hydrogen-bond acceptors (Lipinski definition) is 3. The maximum absolute atomic E-state index is 11.8. The molecule has 20 heavy (non-hydrogen) atoms. The Morgan fingerprint density at radius 3 is 2.35 bits per heavy atom. The Kier molecular flexibility index (Phi) is 6.31. The number of rotatable bonds is 5. The number of benzene rings is 1. The third kappa shape index (κ3) is 5.09. The number of halogens is 1. The van der Waals surface area contributed by atoms with E-state index < -0.39 is 18.0 Å². The van der Waals surface area contributed by atoms with Gasteiger partial charge in [-0.05, 0) is 23.6 Å². The molecular weight excluding hydrogens is 280 g/mol. The predicted molar refractivity (Wildman–Crippen MR) is 77.5 cm³/mol. The Bertz CT molecular complexity index is 460. The van der Waals surface area contributed by atoms with E-state index in [1.54, 1.807) is 12.1 Å². The van der Waals surface area contributed by atoms with Gasteiger partial charge in [-0.1, -0.05) is 37.6 Å². The van der Waals surface area contributed by atoms with E-state index >= 15 is 0 Å². The zero-order chi connectivity index (χ0) is 15.1. The van der Waals surface area contributed by atoms with Crippen LogP contribution in [0.2, 0.25) is 5.02 Å². The summed E-state index contributed by atoms with van der Waals surface area (Å²) in [7, 11) is 1.30. The Balaban J connectivity index is 2.49. The molecule has 6 heteroatoms. The molecule has 1 aromatic carbocycles. The molecule has 1 unspecified atom stereocenters. The van der Waals surface area contributed by atoms with Crippen molar-refractivity contribution in [1.82, 2.24) is 10.6 Å². The van der Waals surface area contributed by atoms with Gasteiger partial charge in [0.05, 0.1) is 7.11 Å². The second-order valence-corrected chi connectivity index (χ2v) is 5.13. The van der Waals surface area contributed by atoms with Crippen molar-refractivity contribution in [3.8, 4) is 0 Å². The molecule has 1 aromatic rings. The molecule has 0 radical (unpaired) electrons. The van der Waals surface area contributed by atoms with Crippen LogP contribution in [-0.4, -0.2) is 25.2 Å². The second kappa shape index (κ2) is 7.75. The zero-order valence-electron chi connectivity index (χ0n) is 11.8. The van der Waals surface area contributed by atoms with Gasteiger partial charge in [-0.3, -0.25) is 0 Å². The van der Waals surface area contributed by atoms with Crippen LogP contribution in [-0.2, 0) is 16.1 Å². The van der Waals surface area contributed by atoms with Crippen LogP contribution in [0.25, 0.3) is 0 Å². The standard InChI is InChI=1S/C14H19ClN2O3/c1-9(2)12(13(18)20-3)17-14(19)16-8-10-4-6-11(15)7-5-10/h4-7,9,12H,8H2,1-3H3,(H2,16,17,19). The lowest BCUT2D eigenvalue weighted by atomic mass is 10.1. The van der Waals surface area contributed by atoms with E-state index in [2.05, 4.69) is 15.4 Å². The summed E-state index contributed by atoms with van der Waals surface area (Å²) in [5.74, 6) is -0.509. The van der Waals surface area contributed by atoms with Crippen molar-refractivity contribution in [3.63, 3.8) is 0 Å². The third-order valence-corrected chi connectivity index (χ3v) is 3.03. The number of hydrogen-bond donors (Lipinski definition) is 2. The second-order valence-electron chi connectivity index (χ2n) is 4.70. The van der Waals surface area contributed by atoms with Crippen molar-refractivity contribution in [1.29, 1.82) is 0 Å². The minimum Gasteiger partial charge on any atom is -0.467 e. The molecule has 0 spiro atoms. The number of carbonyl (C=O) groups is 2. The first-order valence-corrected chi connectivity index (χ1v) is 6.68. The molecule has 2 N–H and O–H groups in total. The number of nitrogens with one attached hydrogen (secondary N) is 2. The van der Waals surface area contributed by atoms with Crippen LogP contribution < -0.4 is 10.6 Å². The van der Waals surface area contributed by atoms with Crippen LogP contribution in [0.15, 0.2) is 24.3 Å². The van der Waals surface area contributed by atoms with Crippen molar-refractivity contribution in [2.75, 3.05) is 7.11 Å². The summed E-state index contributed by atoms with van der Waals surface area (Å²) in [4.78, 5) is 23.3. The number of amides is 2. The quantitative estimate of drug-likeness (QED) is 0.820. The largest absolute Gasteiger partial charge is 0.467 e. The maximum Gasteiger partial charge on any atom is 0.328 e. The first kappa shape index (κ1) is 16.3.